The Morgan fingerprint density at radius 2 is 1.61 bits per heavy atom. The van der Waals surface area contributed by atoms with Crippen LogP contribution in [0.3, 0.4) is 0 Å². The van der Waals surface area contributed by atoms with Gasteiger partial charge >= 0.3 is 5.97 Å². The summed E-state index contributed by atoms with van der Waals surface area (Å²) in [5.74, 6) is 1.26. The second-order valence-corrected chi connectivity index (χ2v) is 15.5. The number of nitrogens with one attached hydrogen (secondary N) is 1. The molecule has 1 aromatic carbocycles. The van der Waals surface area contributed by atoms with Crippen molar-refractivity contribution in [2.75, 3.05) is 56.1 Å². The maximum atomic E-state index is 13.4. The number of ether oxygens (including phenoxy) is 1. The van der Waals surface area contributed by atoms with Crippen molar-refractivity contribution in [3.63, 3.8) is 0 Å². The number of hydrogen-bond acceptors (Lipinski definition) is 11. The summed E-state index contributed by atoms with van der Waals surface area (Å²) < 4.78 is 8.36. The Labute approximate surface area is 317 Å². The van der Waals surface area contributed by atoms with E-state index in [1.165, 1.54) is 36.1 Å². The minimum atomic E-state index is -1.15. The van der Waals surface area contributed by atoms with Crippen molar-refractivity contribution in [1.82, 2.24) is 34.1 Å². The predicted molar refractivity (Wildman–Crippen MR) is 211 cm³/mol. The Morgan fingerprint density at radius 1 is 0.944 bits per heavy atom. The Morgan fingerprint density at radius 3 is 2.24 bits per heavy atom. The van der Waals surface area contributed by atoms with Crippen molar-refractivity contribution in [2.45, 2.75) is 89.9 Å². The molecule has 1 aliphatic carbocycles. The van der Waals surface area contributed by atoms with Crippen LogP contribution in [0.5, 0.6) is 0 Å². The fourth-order valence-electron chi connectivity index (χ4n) is 8.49. The van der Waals surface area contributed by atoms with Gasteiger partial charge in [0.25, 0.3) is 5.56 Å². The number of fused-ring (bicyclic) bond motifs is 1. The van der Waals surface area contributed by atoms with Crippen LogP contribution in [0, 0.1) is 5.92 Å². The normalized spacial score (nSPS) is 20.6. The van der Waals surface area contributed by atoms with Crippen LogP contribution in [-0.4, -0.2) is 103 Å². The zero-order valence-electron chi connectivity index (χ0n) is 32.0. The average molecular weight is 738 g/mol. The van der Waals surface area contributed by atoms with E-state index in [1.54, 1.807) is 49.0 Å². The van der Waals surface area contributed by atoms with Gasteiger partial charge in [0.05, 0.1) is 18.8 Å². The molecule has 288 valence electrons. The summed E-state index contributed by atoms with van der Waals surface area (Å²) >= 11 is 0. The Bertz CT molecular complexity index is 1960. The molecule has 7 rings (SSSR count). The first kappa shape index (κ1) is 37.7. The van der Waals surface area contributed by atoms with E-state index in [0.717, 1.165) is 57.8 Å². The molecule has 2 N–H and O–H groups in total. The minimum Gasteiger partial charge on any atom is -0.466 e. The van der Waals surface area contributed by atoms with E-state index in [2.05, 4.69) is 48.7 Å². The van der Waals surface area contributed by atoms with Gasteiger partial charge < -0.3 is 25.0 Å². The van der Waals surface area contributed by atoms with Crippen LogP contribution in [0.2, 0.25) is 0 Å². The van der Waals surface area contributed by atoms with Crippen molar-refractivity contribution >= 4 is 34.3 Å². The highest BCUT2D eigenvalue weighted by Crippen LogP contribution is 2.32. The van der Waals surface area contributed by atoms with E-state index in [-0.39, 0.29) is 18.1 Å². The van der Waals surface area contributed by atoms with Gasteiger partial charge in [-0.25, -0.2) is 19.3 Å². The third-order valence-electron chi connectivity index (χ3n) is 11.5. The zero-order chi connectivity index (χ0) is 37.8. The monoisotopic (exact) mass is 737 g/mol. The zero-order valence-corrected chi connectivity index (χ0v) is 32.0. The number of benzene rings is 1. The average Bonchev–Trinajstić information content (AvgIpc) is 3.45. The number of hydrogen-bond donors (Lipinski definition) is 2. The molecule has 2 saturated heterocycles. The van der Waals surface area contributed by atoms with Gasteiger partial charge in [-0.2, -0.15) is 4.98 Å². The summed E-state index contributed by atoms with van der Waals surface area (Å²) in [4.78, 5) is 47.1. The van der Waals surface area contributed by atoms with Gasteiger partial charge in [0.15, 0.2) is 11.5 Å². The largest absolute Gasteiger partial charge is 0.466 e. The van der Waals surface area contributed by atoms with Gasteiger partial charge in [-0.05, 0) is 115 Å². The Hall–Kier alpha value is -4.59. The lowest BCUT2D eigenvalue weighted by Gasteiger charge is -2.45. The molecule has 3 aliphatic rings. The number of allylic oxidation sites excluding steroid dienone is 1. The summed E-state index contributed by atoms with van der Waals surface area (Å²) in [6.07, 6.45) is 11.0. The van der Waals surface area contributed by atoms with E-state index in [1.807, 2.05) is 19.1 Å². The molecule has 13 heteroatoms. The van der Waals surface area contributed by atoms with Crippen LogP contribution in [0.25, 0.3) is 16.9 Å². The molecule has 3 fully saturated rings. The molecule has 1 saturated carbocycles. The Kier molecular flexibility index (Phi) is 11.5. The predicted octanol–water partition coefficient (Wildman–Crippen LogP) is 5.23. The van der Waals surface area contributed by atoms with Crippen molar-refractivity contribution in [1.29, 1.82) is 0 Å². The molecule has 0 unspecified atom stereocenters. The fourth-order valence-corrected chi connectivity index (χ4v) is 8.49. The number of carbonyl (C=O) groups excluding carboxylic acids is 1. The summed E-state index contributed by atoms with van der Waals surface area (Å²) in [6, 6.07) is 15.1. The first-order valence-electron chi connectivity index (χ1n) is 19.7. The molecule has 5 heterocycles. The molecule has 0 bridgehead atoms. The van der Waals surface area contributed by atoms with Crippen molar-refractivity contribution in [3.05, 3.63) is 77.4 Å². The van der Waals surface area contributed by atoms with E-state index >= 15 is 0 Å². The van der Waals surface area contributed by atoms with Gasteiger partial charge in [0.2, 0.25) is 5.95 Å². The maximum absolute atomic E-state index is 13.4. The third kappa shape index (κ3) is 8.38. The number of likely N-dealkylation sites (tertiary alicyclic amines) is 1. The molecule has 54 heavy (non-hydrogen) atoms. The molecule has 0 radical (unpaired) electrons. The van der Waals surface area contributed by atoms with E-state index < -0.39 is 5.60 Å². The molecular formula is C41H55N9O4. The Balaban J connectivity index is 0.932. The number of piperidine rings is 1. The van der Waals surface area contributed by atoms with Crippen molar-refractivity contribution in [3.8, 4) is 5.82 Å². The molecule has 3 aromatic heterocycles. The molecule has 2 aliphatic heterocycles. The number of piperazine rings is 1. The number of aromatic nitrogens is 5. The highest BCUT2D eigenvalue weighted by molar-refractivity contribution is 5.77. The van der Waals surface area contributed by atoms with E-state index in [0.29, 0.717) is 59.5 Å². The van der Waals surface area contributed by atoms with Gasteiger partial charge in [-0.1, -0.05) is 12.1 Å². The van der Waals surface area contributed by atoms with E-state index in [4.69, 9.17) is 9.72 Å². The summed E-state index contributed by atoms with van der Waals surface area (Å²) in [5.41, 5.74) is 1.53. The fraction of sp³-hybridized carbons (Fsp3) is 0.537. The maximum Gasteiger partial charge on any atom is 0.306 e. The SMILES string of the molecule is C=CCn1c(=O)c2cnc(Nc3ccc(N4CCN(C5CCC(N6CCC(CC(=O)OCC)CC6)CC5)CC4)cc3)nc2n1-c1cccc(C(C)(C)O)n1. The highest BCUT2D eigenvalue weighted by Gasteiger charge is 2.33. The van der Waals surface area contributed by atoms with Gasteiger partial charge in [-0.15, -0.1) is 6.58 Å². The van der Waals surface area contributed by atoms with Crippen LogP contribution in [0.4, 0.5) is 17.3 Å². The molecule has 13 nitrogen and oxygen atoms in total. The number of esters is 1. The number of rotatable bonds is 12. The summed E-state index contributed by atoms with van der Waals surface area (Å²) in [6.45, 7) is 16.2. The number of carbonyl (C=O) groups is 1. The second kappa shape index (κ2) is 16.4. The lowest BCUT2D eigenvalue weighted by Crippen LogP contribution is -2.52. The first-order valence-corrected chi connectivity index (χ1v) is 19.7. The van der Waals surface area contributed by atoms with E-state index in [9.17, 15) is 14.7 Å². The first-order chi connectivity index (χ1) is 26.1. The second-order valence-electron chi connectivity index (χ2n) is 15.5. The lowest BCUT2D eigenvalue weighted by molar-refractivity contribution is -0.144. The summed E-state index contributed by atoms with van der Waals surface area (Å²) in [7, 11) is 0. The summed E-state index contributed by atoms with van der Waals surface area (Å²) in [5, 5.41) is 14.3. The number of nitrogens with zero attached hydrogens (tertiary/aromatic N) is 8. The van der Waals surface area contributed by atoms with Crippen LogP contribution >= 0.6 is 0 Å². The van der Waals surface area contributed by atoms with Crippen LogP contribution in [0.15, 0.2) is 66.1 Å². The van der Waals surface area contributed by atoms with Gasteiger partial charge in [-0.3, -0.25) is 14.5 Å². The van der Waals surface area contributed by atoms with Crippen LogP contribution in [-0.2, 0) is 21.7 Å². The third-order valence-corrected chi connectivity index (χ3v) is 11.5. The van der Waals surface area contributed by atoms with Crippen LogP contribution < -0.4 is 15.8 Å². The molecule has 0 atom stereocenters. The number of pyridine rings is 1. The van der Waals surface area contributed by atoms with Crippen molar-refractivity contribution in [2.24, 2.45) is 5.92 Å². The molecular weight excluding hydrogens is 683 g/mol. The highest BCUT2D eigenvalue weighted by atomic mass is 16.5. The minimum absolute atomic E-state index is 0.0396. The van der Waals surface area contributed by atoms with Gasteiger partial charge in [0, 0.05) is 62.3 Å². The van der Waals surface area contributed by atoms with Gasteiger partial charge in [0.1, 0.15) is 11.0 Å². The number of anilines is 3. The quantitative estimate of drug-likeness (QED) is 0.146. The lowest BCUT2D eigenvalue weighted by atomic mass is 9.86. The topological polar surface area (TPSA) is 134 Å². The molecule has 4 aromatic rings. The number of aliphatic hydroxyl groups is 1. The van der Waals surface area contributed by atoms with Crippen LogP contribution in [0.1, 0.15) is 71.4 Å². The standard InChI is InChI=1S/C41H55N9O4/c1-5-20-49-39(52)34-28-42-40(45-38(34)50(49)36-9-7-8-35(44-36)41(3,4)53)43-30-10-12-31(13-11-30)47-23-25-48(26-24-47)33-16-14-32(15-17-33)46-21-18-29(19-22-46)27-37(51)54-6-2/h5,7-13,28-29,32-33,53H,1,6,14-27H2,2-4H3,(H,42,43,45). The molecule has 0 spiro atoms. The molecule has 0 amide bonds. The van der Waals surface area contributed by atoms with Crippen molar-refractivity contribution < 1.29 is 14.6 Å². The smallest absolute Gasteiger partial charge is 0.306 e.